The molecule has 1 atom stereocenters. The highest BCUT2D eigenvalue weighted by Crippen LogP contribution is 2.41. The maximum atomic E-state index is 13.0. The first kappa shape index (κ1) is 19.8. The molecule has 29 heavy (non-hydrogen) atoms. The lowest BCUT2D eigenvalue weighted by Crippen LogP contribution is -2.41. The third kappa shape index (κ3) is 4.56. The highest BCUT2D eigenvalue weighted by atomic mass is 16.5. The van der Waals surface area contributed by atoms with Gasteiger partial charge in [-0.15, -0.1) is 0 Å². The summed E-state index contributed by atoms with van der Waals surface area (Å²) in [6.45, 7) is 7.40. The molecular weight excluding hydrogens is 364 g/mol. The van der Waals surface area contributed by atoms with Crippen molar-refractivity contribution in [3.05, 3.63) is 59.2 Å². The summed E-state index contributed by atoms with van der Waals surface area (Å²) >= 11 is 0. The number of methoxy groups -OCH3 is 1. The molecule has 0 spiro atoms. The Hall–Kier alpha value is -2.53. The first-order valence-electron chi connectivity index (χ1n) is 10.4. The van der Waals surface area contributed by atoms with E-state index < -0.39 is 0 Å². The lowest BCUT2D eigenvalue weighted by molar-refractivity contribution is 0.0618. The number of fused-ring (bicyclic) bond motifs is 1. The lowest BCUT2D eigenvalue weighted by Gasteiger charge is -2.38. The van der Waals surface area contributed by atoms with Crippen LogP contribution < -0.4 is 14.8 Å². The molecule has 2 aromatic carbocycles. The Morgan fingerprint density at radius 1 is 1.17 bits per heavy atom. The normalized spacial score (nSPS) is 20.6. The number of nitrogens with zero attached hydrogens (tertiary/aromatic N) is 1. The van der Waals surface area contributed by atoms with E-state index in [4.69, 9.17) is 9.47 Å². The van der Waals surface area contributed by atoms with Gasteiger partial charge in [-0.1, -0.05) is 12.1 Å². The minimum absolute atomic E-state index is 0.0609. The van der Waals surface area contributed by atoms with Crippen molar-refractivity contribution in [3.63, 3.8) is 0 Å². The summed E-state index contributed by atoms with van der Waals surface area (Å²) < 4.78 is 11.5. The minimum atomic E-state index is -0.348. The molecule has 0 bridgehead atoms. The number of benzene rings is 2. The first-order chi connectivity index (χ1) is 13.9. The Morgan fingerprint density at radius 3 is 2.59 bits per heavy atom. The summed E-state index contributed by atoms with van der Waals surface area (Å²) in [6, 6.07) is 13.6. The molecule has 0 unspecified atom stereocenters. The van der Waals surface area contributed by atoms with Gasteiger partial charge in [0.05, 0.1) is 13.2 Å². The van der Waals surface area contributed by atoms with Crippen LogP contribution in [-0.2, 0) is 6.54 Å². The third-order valence-electron chi connectivity index (χ3n) is 5.80. The van der Waals surface area contributed by atoms with Crippen LogP contribution in [-0.4, -0.2) is 36.6 Å². The molecule has 2 heterocycles. The van der Waals surface area contributed by atoms with Crippen LogP contribution in [0.15, 0.2) is 42.5 Å². The van der Waals surface area contributed by atoms with E-state index in [1.807, 2.05) is 44.2 Å². The van der Waals surface area contributed by atoms with Crippen molar-refractivity contribution in [1.82, 2.24) is 10.2 Å². The Kier molecular flexibility index (Phi) is 5.50. The summed E-state index contributed by atoms with van der Waals surface area (Å²) in [5.41, 5.74) is 2.55. The molecule has 1 N–H and O–H groups in total. The number of nitrogens with one attached hydrogen (secondary N) is 1. The van der Waals surface area contributed by atoms with Crippen LogP contribution in [0.2, 0.25) is 0 Å². The SMILES string of the molecule is COc1ccc2c(c1)[C@@H](NC(=O)c1ccc(CN3CCCC3)cc1)CC(C)(C)O2. The maximum Gasteiger partial charge on any atom is 0.251 e. The molecule has 2 aliphatic heterocycles. The van der Waals surface area contributed by atoms with Crippen LogP contribution in [0.25, 0.3) is 0 Å². The molecule has 0 saturated carbocycles. The van der Waals surface area contributed by atoms with Crippen LogP contribution >= 0.6 is 0 Å². The quantitative estimate of drug-likeness (QED) is 0.820. The fourth-order valence-electron chi connectivity index (χ4n) is 4.29. The van der Waals surface area contributed by atoms with Gasteiger partial charge >= 0.3 is 0 Å². The van der Waals surface area contributed by atoms with E-state index in [0.29, 0.717) is 12.0 Å². The van der Waals surface area contributed by atoms with Gasteiger partial charge in [-0.05, 0) is 75.7 Å². The van der Waals surface area contributed by atoms with Crippen LogP contribution in [0.3, 0.4) is 0 Å². The molecule has 1 saturated heterocycles. The number of rotatable bonds is 5. The second kappa shape index (κ2) is 8.07. The average molecular weight is 395 g/mol. The summed E-state index contributed by atoms with van der Waals surface area (Å²) in [7, 11) is 1.65. The van der Waals surface area contributed by atoms with E-state index >= 15 is 0 Å². The van der Waals surface area contributed by atoms with Crippen molar-refractivity contribution >= 4 is 5.91 Å². The van der Waals surface area contributed by atoms with E-state index in [1.165, 1.54) is 31.5 Å². The van der Waals surface area contributed by atoms with Crippen molar-refractivity contribution < 1.29 is 14.3 Å². The molecule has 1 amide bonds. The Labute approximate surface area is 173 Å². The highest BCUT2D eigenvalue weighted by Gasteiger charge is 2.35. The predicted molar refractivity (Wildman–Crippen MR) is 113 cm³/mol. The van der Waals surface area contributed by atoms with Crippen LogP contribution in [0, 0.1) is 0 Å². The number of carbonyl (C=O) groups excluding carboxylic acids is 1. The highest BCUT2D eigenvalue weighted by molar-refractivity contribution is 5.94. The van der Waals surface area contributed by atoms with Gasteiger partial charge < -0.3 is 14.8 Å². The summed E-state index contributed by atoms with van der Waals surface area (Å²) in [6.07, 6.45) is 3.27. The fourth-order valence-corrected chi connectivity index (χ4v) is 4.29. The van der Waals surface area contributed by atoms with Crippen molar-refractivity contribution in [3.8, 4) is 11.5 Å². The number of amides is 1. The second-order valence-electron chi connectivity index (χ2n) is 8.68. The predicted octanol–water partition coefficient (Wildman–Crippen LogP) is 4.32. The topological polar surface area (TPSA) is 50.8 Å². The largest absolute Gasteiger partial charge is 0.497 e. The van der Waals surface area contributed by atoms with Crippen LogP contribution in [0.5, 0.6) is 11.5 Å². The zero-order valence-corrected chi connectivity index (χ0v) is 17.5. The Bertz CT molecular complexity index is 870. The average Bonchev–Trinajstić information content (AvgIpc) is 3.20. The van der Waals surface area contributed by atoms with E-state index in [-0.39, 0.29) is 17.6 Å². The summed E-state index contributed by atoms with van der Waals surface area (Å²) in [5.74, 6) is 1.50. The first-order valence-corrected chi connectivity index (χ1v) is 10.4. The van der Waals surface area contributed by atoms with Gasteiger partial charge in [-0.3, -0.25) is 9.69 Å². The van der Waals surface area contributed by atoms with Crippen molar-refractivity contribution in [1.29, 1.82) is 0 Å². The standard InChI is InChI=1S/C24H30N2O3/c1-24(2)15-21(20-14-19(28-3)10-11-22(20)29-24)25-23(27)18-8-6-17(7-9-18)16-26-12-4-5-13-26/h6-11,14,21H,4-5,12-13,15-16H2,1-3H3,(H,25,27)/t21-/m0/s1. The van der Waals surface area contributed by atoms with Crippen molar-refractivity contribution in [2.45, 2.75) is 51.3 Å². The second-order valence-corrected chi connectivity index (χ2v) is 8.68. The molecular formula is C24H30N2O3. The summed E-state index contributed by atoms with van der Waals surface area (Å²) in [4.78, 5) is 15.4. The smallest absolute Gasteiger partial charge is 0.251 e. The maximum absolute atomic E-state index is 13.0. The van der Waals surface area contributed by atoms with Crippen molar-refractivity contribution in [2.75, 3.05) is 20.2 Å². The molecule has 0 aliphatic carbocycles. The third-order valence-corrected chi connectivity index (χ3v) is 5.80. The van der Waals surface area contributed by atoms with E-state index in [0.717, 1.165) is 23.6 Å². The lowest BCUT2D eigenvalue weighted by atomic mass is 9.89. The number of ether oxygens (including phenoxy) is 2. The zero-order valence-electron chi connectivity index (χ0n) is 17.5. The van der Waals surface area contributed by atoms with Gasteiger partial charge in [0.2, 0.25) is 0 Å². The molecule has 5 heteroatoms. The molecule has 2 aromatic rings. The molecule has 2 aliphatic rings. The molecule has 5 nitrogen and oxygen atoms in total. The van der Waals surface area contributed by atoms with Crippen LogP contribution in [0.1, 0.15) is 60.6 Å². The van der Waals surface area contributed by atoms with Gasteiger partial charge in [-0.25, -0.2) is 0 Å². The van der Waals surface area contributed by atoms with Crippen molar-refractivity contribution in [2.24, 2.45) is 0 Å². The monoisotopic (exact) mass is 394 g/mol. The molecule has 154 valence electrons. The minimum Gasteiger partial charge on any atom is -0.497 e. The van der Waals surface area contributed by atoms with Gasteiger partial charge in [0.15, 0.2) is 0 Å². The zero-order chi connectivity index (χ0) is 20.4. The molecule has 0 radical (unpaired) electrons. The Balaban J connectivity index is 1.48. The van der Waals surface area contributed by atoms with E-state index in [2.05, 4.69) is 22.3 Å². The van der Waals surface area contributed by atoms with E-state index in [1.54, 1.807) is 7.11 Å². The number of hydrogen-bond acceptors (Lipinski definition) is 4. The van der Waals surface area contributed by atoms with E-state index in [9.17, 15) is 4.79 Å². The molecule has 4 rings (SSSR count). The van der Waals surface area contributed by atoms with Gasteiger partial charge in [-0.2, -0.15) is 0 Å². The number of hydrogen-bond donors (Lipinski definition) is 1. The summed E-state index contributed by atoms with van der Waals surface area (Å²) in [5, 5.41) is 3.21. The molecule has 1 fully saturated rings. The molecule has 0 aromatic heterocycles. The van der Waals surface area contributed by atoms with Gasteiger partial charge in [0.1, 0.15) is 17.1 Å². The van der Waals surface area contributed by atoms with Gasteiger partial charge in [0, 0.05) is 24.1 Å². The number of carbonyl (C=O) groups is 1. The fraction of sp³-hybridized carbons (Fsp3) is 0.458. The van der Waals surface area contributed by atoms with Gasteiger partial charge in [0.25, 0.3) is 5.91 Å². The number of likely N-dealkylation sites (tertiary alicyclic amines) is 1. The Morgan fingerprint density at radius 2 is 1.90 bits per heavy atom. The van der Waals surface area contributed by atoms with Crippen LogP contribution in [0.4, 0.5) is 0 Å².